The Labute approximate surface area is 126 Å². The highest BCUT2D eigenvalue weighted by Crippen LogP contribution is 2.28. The Morgan fingerprint density at radius 2 is 1.71 bits per heavy atom. The lowest BCUT2D eigenvalue weighted by atomic mass is 10.1. The number of nitrogens with zero attached hydrogens (tertiary/aromatic N) is 1. The SMILES string of the molecule is COc1ccc(CN(C)c2cccc(CN)c2)cc1OC. The lowest BCUT2D eigenvalue weighted by molar-refractivity contribution is 0.354. The summed E-state index contributed by atoms with van der Waals surface area (Å²) in [5.41, 5.74) is 9.13. The van der Waals surface area contributed by atoms with Gasteiger partial charge in [0.25, 0.3) is 0 Å². The number of hydrogen-bond donors (Lipinski definition) is 1. The van der Waals surface area contributed by atoms with E-state index in [-0.39, 0.29) is 0 Å². The third-order valence-corrected chi connectivity index (χ3v) is 3.45. The van der Waals surface area contributed by atoms with Crippen LogP contribution in [0.3, 0.4) is 0 Å². The van der Waals surface area contributed by atoms with Crippen molar-refractivity contribution < 1.29 is 9.47 Å². The Morgan fingerprint density at radius 3 is 2.38 bits per heavy atom. The van der Waals surface area contributed by atoms with Gasteiger partial charge < -0.3 is 20.1 Å². The highest BCUT2D eigenvalue weighted by molar-refractivity contribution is 5.50. The molecule has 0 bridgehead atoms. The Morgan fingerprint density at radius 1 is 0.952 bits per heavy atom. The van der Waals surface area contributed by atoms with Crippen LogP contribution in [0, 0.1) is 0 Å². The fraction of sp³-hybridized carbons (Fsp3) is 0.294. The topological polar surface area (TPSA) is 47.7 Å². The Bertz CT molecular complexity index is 599. The van der Waals surface area contributed by atoms with Crippen LogP contribution in [0.2, 0.25) is 0 Å². The summed E-state index contributed by atoms with van der Waals surface area (Å²) in [6.07, 6.45) is 0. The van der Waals surface area contributed by atoms with E-state index in [1.165, 1.54) is 0 Å². The molecule has 112 valence electrons. The summed E-state index contributed by atoms with van der Waals surface area (Å²) in [5, 5.41) is 0. The molecule has 2 aromatic carbocycles. The molecule has 0 aliphatic carbocycles. The fourth-order valence-electron chi connectivity index (χ4n) is 2.27. The molecule has 0 aliphatic rings. The van der Waals surface area contributed by atoms with Crippen molar-refractivity contribution in [3.8, 4) is 11.5 Å². The van der Waals surface area contributed by atoms with Gasteiger partial charge in [0.2, 0.25) is 0 Å². The lowest BCUT2D eigenvalue weighted by Crippen LogP contribution is -2.16. The zero-order valence-electron chi connectivity index (χ0n) is 12.8. The van der Waals surface area contributed by atoms with E-state index < -0.39 is 0 Å². The number of rotatable bonds is 6. The van der Waals surface area contributed by atoms with Gasteiger partial charge in [-0.15, -0.1) is 0 Å². The Hall–Kier alpha value is -2.20. The molecule has 2 rings (SSSR count). The molecule has 0 fully saturated rings. The summed E-state index contributed by atoms with van der Waals surface area (Å²) in [5.74, 6) is 1.49. The molecule has 21 heavy (non-hydrogen) atoms. The summed E-state index contributed by atoms with van der Waals surface area (Å²) < 4.78 is 10.6. The minimum Gasteiger partial charge on any atom is -0.493 e. The molecule has 0 radical (unpaired) electrons. The van der Waals surface area contributed by atoms with Gasteiger partial charge in [0.05, 0.1) is 14.2 Å². The zero-order valence-corrected chi connectivity index (χ0v) is 12.8. The van der Waals surface area contributed by atoms with Crippen molar-refractivity contribution in [1.29, 1.82) is 0 Å². The molecule has 4 nitrogen and oxygen atoms in total. The van der Waals surface area contributed by atoms with Crippen molar-refractivity contribution in [1.82, 2.24) is 0 Å². The monoisotopic (exact) mass is 286 g/mol. The molecule has 0 spiro atoms. The smallest absolute Gasteiger partial charge is 0.161 e. The van der Waals surface area contributed by atoms with E-state index in [4.69, 9.17) is 15.2 Å². The lowest BCUT2D eigenvalue weighted by Gasteiger charge is -2.21. The first-order valence-corrected chi connectivity index (χ1v) is 6.89. The maximum atomic E-state index is 5.69. The largest absolute Gasteiger partial charge is 0.493 e. The molecule has 2 N–H and O–H groups in total. The van der Waals surface area contributed by atoms with Gasteiger partial charge in [-0.3, -0.25) is 0 Å². The van der Waals surface area contributed by atoms with Crippen LogP contribution >= 0.6 is 0 Å². The average molecular weight is 286 g/mol. The number of methoxy groups -OCH3 is 2. The van der Waals surface area contributed by atoms with Crippen molar-refractivity contribution in [3.05, 3.63) is 53.6 Å². The van der Waals surface area contributed by atoms with Crippen LogP contribution < -0.4 is 20.1 Å². The van der Waals surface area contributed by atoms with Crippen LogP contribution in [0.4, 0.5) is 5.69 Å². The minimum absolute atomic E-state index is 0.554. The first-order chi connectivity index (χ1) is 10.2. The highest BCUT2D eigenvalue weighted by Gasteiger charge is 2.07. The third-order valence-electron chi connectivity index (χ3n) is 3.45. The first-order valence-electron chi connectivity index (χ1n) is 6.89. The summed E-state index contributed by atoms with van der Waals surface area (Å²) >= 11 is 0. The van der Waals surface area contributed by atoms with Crippen LogP contribution in [-0.2, 0) is 13.1 Å². The van der Waals surface area contributed by atoms with E-state index in [0.717, 1.165) is 34.9 Å². The van der Waals surface area contributed by atoms with Crippen LogP contribution in [0.1, 0.15) is 11.1 Å². The van der Waals surface area contributed by atoms with Crippen molar-refractivity contribution in [3.63, 3.8) is 0 Å². The van der Waals surface area contributed by atoms with E-state index in [9.17, 15) is 0 Å². The maximum absolute atomic E-state index is 5.69. The molecular formula is C17H22N2O2. The van der Waals surface area contributed by atoms with Crippen molar-refractivity contribution in [2.45, 2.75) is 13.1 Å². The summed E-state index contributed by atoms with van der Waals surface area (Å²) in [7, 11) is 5.35. The second-order valence-electron chi connectivity index (χ2n) is 4.92. The van der Waals surface area contributed by atoms with Crippen LogP contribution in [-0.4, -0.2) is 21.3 Å². The minimum atomic E-state index is 0.554. The molecule has 0 saturated carbocycles. The van der Waals surface area contributed by atoms with Gasteiger partial charge >= 0.3 is 0 Å². The quantitative estimate of drug-likeness (QED) is 0.887. The van der Waals surface area contributed by atoms with Gasteiger partial charge in [0.1, 0.15) is 0 Å². The molecule has 0 heterocycles. The van der Waals surface area contributed by atoms with Crippen molar-refractivity contribution >= 4 is 5.69 Å². The standard InChI is InChI=1S/C17H22N2O2/c1-19(15-6-4-5-13(9-15)11-18)12-14-7-8-16(20-2)17(10-14)21-3/h4-10H,11-12,18H2,1-3H3. The molecular weight excluding hydrogens is 264 g/mol. The second kappa shape index (κ2) is 6.99. The van der Waals surface area contributed by atoms with Gasteiger partial charge in [-0.2, -0.15) is 0 Å². The van der Waals surface area contributed by atoms with Gasteiger partial charge in [-0.05, 0) is 35.4 Å². The van der Waals surface area contributed by atoms with E-state index in [1.807, 2.05) is 30.3 Å². The Balaban J connectivity index is 2.16. The predicted octanol–water partition coefficient (Wildman–Crippen LogP) is 2.80. The summed E-state index contributed by atoms with van der Waals surface area (Å²) in [6.45, 7) is 1.34. The number of anilines is 1. The zero-order chi connectivity index (χ0) is 15.2. The summed E-state index contributed by atoms with van der Waals surface area (Å²) in [6, 6.07) is 14.2. The average Bonchev–Trinajstić information content (AvgIpc) is 2.54. The molecule has 0 aliphatic heterocycles. The number of hydrogen-bond acceptors (Lipinski definition) is 4. The number of benzene rings is 2. The maximum Gasteiger partial charge on any atom is 0.161 e. The van der Waals surface area contributed by atoms with E-state index in [2.05, 4.69) is 24.1 Å². The number of nitrogens with two attached hydrogens (primary N) is 1. The van der Waals surface area contributed by atoms with Crippen LogP contribution in [0.25, 0.3) is 0 Å². The molecule has 0 atom stereocenters. The predicted molar refractivity (Wildman–Crippen MR) is 86.0 cm³/mol. The molecule has 0 aromatic heterocycles. The summed E-state index contributed by atoms with van der Waals surface area (Å²) in [4.78, 5) is 2.18. The Kier molecular flexibility index (Phi) is 5.06. The first kappa shape index (κ1) is 15.2. The van der Waals surface area contributed by atoms with Crippen LogP contribution in [0.5, 0.6) is 11.5 Å². The van der Waals surface area contributed by atoms with Gasteiger partial charge in [0.15, 0.2) is 11.5 Å². The normalized spacial score (nSPS) is 10.3. The molecule has 0 unspecified atom stereocenters. The second-order valence-corrected chi connectivity index (χ2v) is 4.92. The van der Waals surface area contributed by atoms with Gasteiger partial charge in [-0.25, -0.2) is 0 Å². The molecule has 2 aromatic rings. The molecule has 0 saturated heterocycles. The fourth-order valence-corrected chi connectivity index (χ4v) is 2.27. The van der Waals surface area contributed by atoms with E-state index in [0.29, 0.717) is 6.54 Å². The molecule has 0 amide bonds. The third kappa shape index (κ3) is 3.67. The van der Waals surface area contributed by atoms with Gasteiger partial charge in [-0.1, -0.05) is 18.2 Å². The van der Waals surface area contributed by atoms with Gasteiger partial charge in [0, 0.05) is 25.8 Å². The van der Waals surface area contributed by atoms with Crippen LogP contribution in [0.15, 0.2) is 42.5 Å². The van der Waals surface area contributed by atoms with E-state index in [1.54, 1.807) is 14.2 Å². The van der Waals surface area contributed by atoms with Crippen molar-refractivity contribution in [2.75, 3.05) is 26.2 Å². The number of ether oxygens (including phenoxy) is 2. The molecule has 4 heteroatoms. The highest BCUT2D eigenvalue weighted by atomic mass is 16.5. The van der Waals surface area contributed by atoms with Crippen molar-refractivity contribution in [2.24, 2.45) is 5.73 Å². The van der Waals surface area contributed by atoms with E-state index >= 15 is 0 Å².